The molecule has 0 fully saturated rings. The zero-order valence-corrected chi connectivity index (χ0v) is 13.5. The van der Waals surface area contributed by atoms with E-state index in [0.717, 1.165) is 27.8 Å². The highest BCUT2D eigenvalue weighted by molar-refractivity contribution is 5.98. The van der Waals surface area contributed by atoms with Gasteiger partial charge in [0.15, 0.2) is 11.5 Å². The number of fused-ring (bicyclic) bond motifs is 2. The summed E-state index contributed by atoms with van der Waals surface area (Å²) in [5.74, 6) is 2.11. The van der Waals surface area contributed by atoms with Gasteiger partial charge in [-0.05, 0) is 19.1 Å². The van der Waals surface area contributed by atoms with Crippen molar-refractivity contribution in [2.75, 3.05) is 13.4 Å². The quantitative estimate of drug-likeness (QED) is 0.742. The minimum Gasteiger partial charge on any atom is -0.493 e. The number of benzene rings is 2. The van der Waals surface area contributed by atoms with E-state index in [2.05, 4.69) is 0 Å². The summed E-state index contributed by atoms with van der Waals surface area (Å²) >= 11 is 0. The van der Waals surface area contributed by atoms with Crippen molar-refractivity contribution in [2.24, 2.45) is 7.05 Å². The van der Waals surface area contributed by atoms with E-state index < -0.39 is 0 Å². The SMILES string of the molecule is CCOc1ccccc1-c1cc(=O)n(C)c2cc3c(cc12)OCO3. The standard InChI is InChI=1S/C19H17NO4/c1-3-22-16-7-5-4-6-12(16)13-9-19(21)20(2)15-10-18-17(8-14(13)15)23-11-24-18/h4-10H,3,11H2,1-2H3. The van der Waals surface area contributed by atoms with E-state index in [-0.39, 0.29) is 12.4 Å². The molecule has 1 aliphatic rings. The number of hydrogen-bond donors (Lipinski definition) is 0. The highest BCUT2D eigenvalue weighted by Crippen LogP contribution is 2.40. The second-order valence-electron chi connectivity index (χ2n) is 5.61. The predicted octanol–water partition coefficient (Wildman–Crippen LogP) is 3.33. The first-order valence-corrected chi connectivity index (χ1v) is 7.84. The van der Waals surface area contributed by atoms with Crippen LogP contribution in [0.4, 0.5) is 0 Å². The van der Waals surface area contributed by atoms with E-state index >= 15 is 0 Å². The van der Waals surface area contributed by atoms with Crippen LogP contribution in [0.15, 0.2) is 47.3 Å². The van der Waals surface area contributed by atoms with E-state index in [9.17, 15) is 4.79 Å². The van der Waals surface area contributed by atoms with Crippen LogP contribution in [0.25, 0.3) is 22.0 Å². The van der Waals surface area contributed by atoms with Crippen LogP contribution in [-0.4, -0.2) is 18.0 Å². The van der Waals surface area contributed by atoms with Crippen LogP contribution < -0.4 is 19.8 Å². The zero-order chi connectivity index (χ0) is 16.7. The van der Waals surface area contributed by atoms with Gasteiger partial charge in [0.1, 0.15) is 5.75 Å². The molecule has 4 rings (SSSR count). The van der Waals surface area contributed by atoms with Crippen molar-refractivity contribution in [3.63, 3.8) is 0 Å². The molecule has 0 atom stereocenters. The number of rotatable bonds is 3. The fraction of sp³-hybridized carbons (Fsp3) is 0.211. The normalized spacial score (nSPS) is 12.6. The summed E-state index contributed by atoms with van der Waals surface area (Å²) in [5.41, 5.74) is 2.44. The number of pyridine rings is 1. The molecule has 1 aromatic heterocycles. The van der Waals surface area contributed by atoms with Crippen molar-refractivity contribution in [3.05, 3.63) is 52.8 Å². The van der Waals surface area contributed by atoms with E-state index in [4.69, 9.17) is 14.2 Å². The van der Waals surface area contributed by atoms with Gasteiger partial charge in [0.2, 0.25) is 6.79 Å². The van der Waals surface area contributed by atoms with Gasteiger partial charge >= 0.3 is 0 Å². The molecule has 5 heteroatoms. The van der Waals surface area contributed by atoms with Crippen LogP contribution in [0, 0.1) is 0 Å². The van der Waals surface area contributed by atoms with Crippen molar-refractivity contribution in [3.8, 4) is 28.4 Å². The molecule has 0 radical (unpaired) electrons. The van der Waals surface area contributed by atoms with Crippen molar-refractivity contribution in [2.45, 2.75) is 6.92 Å². The topological polar surface area (TPSA) is 49.7 Å². The molecule has 0 amide bonds. The smallest absolute Gasteiger partial charge is 0.251 e. The third kappa shape index (κ3) is 2.21. The Morgan fingerprint density at radius 2 is 1.83 bits per heavy atom. The number of ether oxygens (including phenoxy) is 3. The molecule has 2 heterocycles. The summed E-state index contributed by atoms with van der Waals surface area (Å²) < 4.78 is 18.3. The number of para-hydroxylation sites is 1. The lowest BCUT2D eigenvalue weighted by molar-refractivity contribution is 0.174. The molecule has 3 aromatic rings. The van der Waals surface area contributed by atoms with Crippen LogP contribution in [0.1, 0.15) is 6.92 Å². The summed E-state index contributed by atoms with van der Waals surface area (Å²) in [5, 5.41) is 0.925. The van der Waals surface area contributed by atoms with E-state index in [1.807, 2.05) is 43.3 Å². The predicted molar refractivity (Wildman–Crippen MR) is 91.9 cm³/mol. The van der Waals surface area contributed by atoms with Gasteiger partial charge in [-0.25, -0.2) is 0 Å². The van der Waals surface area contributed by atoms with Crippen molar-refractivity contribution < 1.29 is 14.2 Å². The van der Waals surface area contributed by atoms with E-state index in [1.54, 1.807) is 17.7 Å². The Kier molecular flexibility index (Phi) is 3.41. The number of aryl methyl sites for hydroxylation is 1. The van der Waals surface area contributed by atoms with Crippen LogP contribution in [-0.2, 0) is 7.05 Å². The molecular formula is C19H17NO4. The van der Waals surface area contributed by atoms with Crippen LogP contribution in [0.5, 0.6) is 17.2 Å². The van der Waals surface area contributed by atoms with Crippen molar-refractivity contribution >= 4 is 10.9 Å². The van der Waals surface area contributed by atoms with Gasteiger partial charge in [-0.2, -0.15) is 0 Å². The van der Waals surface area contributed by atoms with E-state index in [1.165, 1.54) is 0 Å². The Morgan fingerprint density at radius 1 is 1.08 bits per heavy atom. The van der Waals surface area contributed by atoms with Gasteiger partial charge in [-0.3, -0.25) is 4.79 Å². The van der Waals surface area contributed by atoms with Crippen molar-refractivity contribution in [1.29, 1.82) is 0 Å². The Labute approximate surface area is 139 Å². The second kappa shape index (κ2) is 5.60. The van der Waals surface area contributed by atoms with Gasteiger partial charge in [-0.1, -0.05) is 18.2 Å². The maximum atomic E-state index is 12.4. The van der Waals surface area contributed by atoms with Crippen LogP contribution in [0.3, 0.4) is 0 Å². The summed E-state index contributed by atoms with van der Waals surface area (Å²) in [4.78, 5) is 12.4. The molecule has 0 saturated heterocycles. The number of aromatic nitrogens is 1. The van der Waals surface area contributed by atoms with Crippen molar-refractivity contribution in [1.82, 2.24) is 4.57 Å². The summed E-state index contributed by atoms with van der Waals surface area (Å²) in [6.45, 7) is 2.70. The summed E-state index contributed by atoms with van der Waals surface area (Å²) in [7, 11) is 1.76. The number of hydrogen-bond acceptors (Lipinski definition) is 4. The molecular weight excluding hydrogens is 306 g/mol. The molecule has 122 valence electrons. The third-order valence-corrected chi connectivity index (χ3v) is 4.22. The molecule has 0 bridgehead atoms. The lowest BCUT2D eigenvalue weighted by atomic mass is 9.99. The molecule has 2 aromatic carbocycles. The Balaban J connectivity index is 2.06. The second-order valence-corrected chi connectivity index (χ2v) is 5.61. The lowest BCUT2D eigenvalue weighted by Gasteiger charge is -2.14. The van der Waals surface area contributed by atoms with E-state index in [0.29, 0.717) is 18.1 Å². The molecule has 0 aliphatic carbocycles. The Hall–Kier alpha value is -2.95. The maximum Gasteiger partial charge on any atom is 0.251 e. The van der Waals surface area contributed by atoms with Crippen LogP contribution >= 0.6 is 0 Å². The molecule has 0 N–H and O–H groups in total. The van der Waals surface area contributed by atoms with Gasteiger partial charge < -0.3 is 18.8 Å². The number of nitrogens with zero attached hydrogens (tertiary/aromatic N) is 1. The maximum absolute atomic E-state index is 12.4. The Bertz CT molecular complexity index is 991. The molecule has 0 saturated carbocycles. The summed E-state index contributed by atoms with van der Waals surface area (Å²) in [6.07, 6.45) is 0. The molecule has 1 aliphatic heterocycles. The Morgan fingerprint density at radius 3 is 2.62 bits per heavy atom. The first kappa shape index (κ1) is 14.6. The highest BCUT2D eigenvalue weighted by Gasteiger charge is 2.19. The monoisotopic (exact) mass is 323 g/mol. The average molecular weight is 323 g/mol. The minimum atomic E-state index is -0.0809. The largest absolute Gasteiger partial charge is 0.493 e. The van der Waals surface area contributed by atoms with Gasteiger partial charge in [-0.15, -0.1) is 0 Å². The molecule has 0 unspecified atom stereocenters. The highest BCUT2D eigenvalue weighted by atomic mass is 16.7. The lowest BCUT2D eigenvalue weighted by Crippen LogP contribution is -2.16. The molecule has 24 heavy (non-hydrogen) atoms. The zero-order valence-electron chi connectivity index (χ0n) is 13.5. The summed E-state index contributed by atoms with van der Waals surface area (Å²) in [6, 6.07) is 13.2. The first-order chi connectivity index (χ1) is 11.7. The average Bonchev–Trinajstić information content (AvgIpc) is 3.05. The van der Waals surface area contributed by atoms with Crippen LogP contribution in [0.2, 0.25) is 0 Å². The fourth-order valence-corrected chi connectivity index (χ4v) is 3.03. The third-order valence-electron chi connectivity index (χ3n) is 4.22. The molecule has 5 nitrogen and oxygen atoms in total. The fourth-order valence-electron chi connectivity index (χ4n) is 3.03. The van der Waals surface area contributed by atoms with Gasteiger partial charge in [0, 0.05) is 35.7 Å². The first-order valence-electron chi connectivity index (χ1n) is 7.84. The van der Waals surface area contributed by atoms with Gasteiger partial charge in [0.25, 0.3) is 5.56 Å². The molecule has 0 spiro atoms. The minimum absolute atomic E-state index is 0.0809. The van der Waals surface area contributed by atoms with Gasteiger partial charge in [0.05, 0.1) is 12.1 Å².